The first kappa shape index (κ1) is 23.8. The molecule has 0 radical (unpaired) electrons. The first-order chi connectivity index (χ1) is 16.5. The first-order valence-corrected chi connectivity index (χ1v) is 12.0. The van der Waals surface area contributed by atoms with Gasteiger partial charge < -0.3 is 19.7 Å². The molecule has 2 aliphatic rings. The van der Waals surface area contributed by atoms with E-state index in [4.69, 9.17) is 9.47 Å². The fourth-order valence-electron chi connectivity index (χ4n) is 4.41. The van der Waals surface area contributed by atoms with Crippen molar-refractivity contribution in [2.75, 3.05) is 43.6 Å². The van der Waals surface area contributed by atoms with Crippen LogP contribution in [-0.2, 0) is 14.3 Å². The highest BCUT2D eigenvalue weighted by atomic mass is 16.5. The van der Waals surface area contributed by atoms with Gasteiger partial charge in [-0.25, -0.2) is 0 Å². The van der Waals surface area contributed by atoms with Gasteiger partial charge in [0.25, 0.3) is 11.8 Å². The molecule has 1 saturated heterocycles. The van der Waals surface area contributed by atoms with Crippen molar-refractivity contribution in [3.05, 3.63) is 59.8 Å². The molecule has 7 heteroatoms. The number of hydrogen-bond acceptors (Lipinski definition) is 6. The number of nitrogens with zero attached hydrogens (tertiary/aromatic N) is 2. The van der Waals surface area contributed by atoms with Crippen LogP contribution in [0.1, 0.15) is 38.7 Å². The Morgan fingerprint density at radius 2 is 1.68 bits per heavy atom. The molecule has 1 N–H and O–H groups in total. The zero-order chi connectivity index (χ0) is 24.1. The third kappa shape index (κ3) is 5.09. The van der Waals surface area contributed by atoms with Gasteiger partial charge in [0.05, 0.1) is 18.8 Å². The lowest BCUT2D eigenvalue weighted by molar-refractivity contribution is -0.137. The molecule has 2 heterocycles. The number of hydrogen-bond donors (Lipinski definition) is 1. The van der Waals surface area contributed by atoms with Gasteiger partial charge in [0.1, 0.15) is 11.4 Å². The number of carbonyl (C=O) groups excluding carboxylic acids is 2. The lowest BCUT2D eigenvalue weighted by Crippen LogP contribution is -2.34. The molecule has 7 nitrogen and oxygen atoms in total. The number of benzene rings is 2. The van der Waals surface area contributed by atoms with Gasteiger partial charge in [0.2, 0.25) is 0 Å². The third-order valence-corrected chi connectivity index (χ3v) is 6.13. The van der Waals surface area contributed by atoms with E-state index in [9.17, 15) is 9.59 Å². The zero-order valence-corrected chi connectivity index (χ0v) is 20.2. The minimum atomic E-state index is -0.334. The van der Waals surface area contributed by atoms with Crippen LogP contribution in [0.3, 0.4) is 0 Å². The summed E-state index contributed by atoms with van der Waals surface area (Å²) < 4.78 is 11.1. The Labute approximate surface area is 201 Å². The highest BCUT2D eigenvalue weighted by Crippen LogP contribution is 2.35. The van der Waals surface area contributed by atoms with E-state index >= 15 is 0 Å². The minimum Gasteiger partial charge on any atom is -0.496 e. The second-order valence-corrected chi connectivity index (χ2v) is 8.85. The van der Waals surface area contributed by atoms with Crippen LogP contribution in [0.5, 0.6) is 5.75 Å². The average Bonchev–Trinajstić information content (AvgIpc) is 3.45. The van der Waals surface area contributed by atoms with E-state index in [1.165, 1.54) is 23.4 Å². The molecule has 0 aromatic heterocycles. The van der Waals surface area contributed by atoms with Gasteiger partial charge in [-0.15, -0.1) is 0 Å². The summed E-state index contributed by atoms with van der Waals surface area (Å²) in [6, 6.07) is 15.3. The molecule has 0 spiro atoms. The molecule has 0 atom stereocenters. The number of methoxy groups -OCH3 is 1. The lowest BCUT2D eigenvalue weighted by Gasteiger charge is -2.18. The van der Waals surface area contributed by atoms with Crippen molar-refractivity contribution < 1.29 is 19.1 Å². The molecule has 0 bridgehead atoms. The van der Waals surface area contributed by atoms with Gasteiger partial charge >= 0.3 is 0 Å². The van der Waals surface area contributed by atoms with E-state index in [-0.39, 0.29) is 23.6 Å². The summed E-state index contributed by atoms with van der Waals surface area (Å²) in [6.07, 6.45) is 3.10. The van der Waals surface area contributed by atoms with Crippen LogP contribution in [0, 0.1) is 0 Å². The minimum absolute atomic E-state index is 0.105. The largest absolute Gasteiger partial charge is 0.496 e. The van der Waals surface area contributed by atoms with Crippen LogP contribution in [0.15, 0.2) is 54.2 Å². The fraction of sp³-hybridized carbons (Fsp3) is 0.407. The van der Waals surface area contributed by atoms with E-state index in [1.54, 1.807) is 13.2 Å². The van der Waals surface area contributed by atoms with Crippen molar-refractivity contribution in [3.63, 3.8) is 0 Å². The fourth-order valence-corrected chi connectivity index (χ4v) is 4.41. The Morgan fingerprint density at radius 1 is 0.971 bits per heavy atom. The van der Waals surface area contributed by atoms with E-state index < -0.39 is 0 Å². The highest BCUT2D eigenvalue weighted by Gasteiger charge is 2.40. The van der Waals surface area contributed by atoms with Crippen molar-refractivity contribution in [2.45, 2.75) is 39.2 Å². The van der Waals surface area contributed by atoms with Gasteiger partial charge in [-0.05, 0) is 63.4 Å². The smallest absolute Gasteiger partial charge is 0.278 e. The molecule has 2 aromatic carbocycles. The molecule has 0 aliphatic carbocycles. The van der Waals surface area contributed by atoms with E-state index in [0.29, 0.717) is 36.5 Å². The van der Waals surface area contributed by atoms with Crippen LogP contribution in [0.4, 0.5) is 11.4 Å². The molecule has 2 amide bonds. The summed E-state index contributed by atoms with van der Waals surface area (Å²) in [5.41, 5.74) is 3.13. The van der Waals surface area contributed by atoms with Crippen LogP contribution >= 0.6 is 0 Å². The quantitative estimate of drug-likeness (QED) is 0.418. The van der Waals surface area contributed by atoms with Crippen molar-refractivity contribution in [1.82, 2.24) is 4.90 Å². The van der Waals surface area contributed by atoms with Crippen molar-refractivity contribution >= 4 is 28.8 Å². The van der Waals surface area contributed by atoms with Gasteiger partial charge in [0, 0.05) is 43.2 Å². The first-order valence-electron chi connectivity index (χ1n) is 12.0. The van der Waals surface area contributed by atoms with Gasteiger partial charge in [-0.3, -0.25) is 14.5 Å². The maximum atomic E-state index is 13.4. The maximum Gasteiger partial charge on any atom is 0.278 e. The molecule has 34 heavy (non-hydrogen) atoms. The molecular weight excluding hydrogens is 430 g/mol. The average molecular weight is 464 g/mol. The maximum absolute atomic E-state index is 13.4. The number of amides is 2. The van der Waals surface area contributed by atoms with Gasteiger partial charge in [0.15, 0.2) is 0 Å². The number of carbonyl (C=O) groups is 2. The second kappa shape index (κ2) is 10.7. The number of ether oxygens (including phenoxy) is 2. The normalized spacial score (nSPS) is 16.2. The number of para-hydroxylation sites is 1. The number of rotatable bonds is 10. The molecule has 0 unspecified atom stereocenters. The van der Waals surface area contributed by atoms with Crippen LogP contribution in [0.2, 0.25) is 0 Å². The Balaban J connectivity index is 1.61. The Morgan fingerprint density at radius 3 is 2.35 bits per heavy atom. The van der Waals surface area contributed by atoms with E-state index in [0.717, 1.165) is 18.8 Å². The highest BCUT2D eigenvalue weighted by molar-refractivity contribution is 6.37. The molecule has 2 aliphatic heterocycles. The molecule has 180 valence electrons. The predicted octanol–water partition coefficient (Wildman–Crippen LogP) is 4.30. The predicted molar refractivity (Wildman–Crippen MR) is 134 cm³/mol. The summed E-state index contributed by atoms with van der Waals surface area (Å²) >= 11 is 0. The Bertz CT molecular complexity index is 1060. The molecule has 1 fully saturated rings. The Hall–Kier alpha value is -3.32. The van der Waals surface area contributed by atoms with Crippen molar-refractivity contribution in [2.24, 2.45) is 0 Å². The summed E-state index contributed by atoms with van der Waals surface area (Å²) in [5.74, 6) is -0.110. The monoisotopic (exact) mass is 463 g/mol. The van der Waals surface area contributed by atoms with Crippen molar-refractivity contribution in [1.29, 1.82) is 0 Å². The SMILES string of the molecule is COc1ccccc1C1=C(Nc2ccc(N3CCCC3)cc2)C(=O)N(CCCOC(C)C)C1=O. The zero-order valence-electron chi connectivity index (χ0n) is 20.2. The summed E-state index contributed by atoms with van der Waals surface area (Å²) in [5, 5.41) is 3.24. The number of anilines is 2. The van der Waals surface area contributed by atoms with Gasteiger partial charge in [-0.2, -0.15) is 0 Å². The number of nitrogens with one attached hydrogen (secondary N) is 1. The Kier molecular flexibility index (Phi) is 7.53. The van der Waals surface area contributed by atoms with Gasteiger partial charge in [-0.1, -0.05) is 18.2 Å². The standard InChI is InChI=1S/C27H33N3O4/c1-19(2)34-18-8-17-30-26(31)24(22-9-4-5-10-23(22)33-3)25(27(30)32)28-20-11-13-21(14-12-20)29-15-6-7-16-29/h4-5,9-14,19,28H,6-8,15-18H2,1-3H3. The van der Waals surface area contributed by atoms with Crippen LogP contribution in [-0.4, -0.2) is 56.2 Å². The van der Waals surface area contributed by atoms with Crippen LogP contribution < -0.4 is 15.0 Å². The summed E-state index contributed by atoms with van der Waals surface area (Å²) in [7, 11) is 1.56. The topological polar surface area (TPSA) is 71.1 Å². The van der Waals surface area contributed by atoms with Crippen molar-refractivity contribution in [3.8, 4) is 5.75 Å². The molecular formula is C27H33N3O4. The lowest BCUT2D eigenvalue weighted by atomic mass is 10.0. The van der Waals surface area contributed by atoms with Crippen LogP contribution in [0.25, 0.3) is 5.57 Å². The summed E-state index contributed by atoms with van der Waals surface area (Å²) in [4.78, 5) is 30.5. The van der Waals surface area contributed by atoms with E-state index in [1.807, 2.05) is 44.2 Å². The summed E-state index contributed by atoms with van der Waals surface area (Å²) in [6.45, 7) is 6.84. The third-order valence-electron chi connectivity index (χ3n) is 6.13. The van der Waals surface area contributed by atoms with E-state index in [2.05, 4.69) is 22.3 Å². The molecule has 4 rings (SSSR count). The second-order valence-electron chi connectivity index (χ2n) is 8.85. The number of imide groups is 1. The molecule has 2 aromatic rings. The molecule has 0 saturated carbocycles.